The van der Waals surface area contributed by atoms with E-state index in [4.69, 9.17) is 4.74 Å². The summed E-state index contributed by atoms with van der Waals surface area (Å²) in [6.07, 6.45) is 1.71. The molecule has 4 aromatic rings. The number of methoxy groups -OCH3 is 1. The van der Waals surface area contributed by atoms with Crippen molar-refractivity contribution in [3.05, 3.63) is 66.5 Å². The third-order valence-electron chi connectivity index (χ3n) is 4.04. The van der Waals surface area contributed by atoms with Crippen LogP contribution in [0.5, 0.6) is 5.75 Å². The predicted molar refractivity (Wildman–Crippen MR) is 105 cm³/mol. The molecule has 4 rings (SSSR count). The average molecular weight is 345 g/mol. The van der Waals surface area contributed by atoms with Crippen LogP contribution in [0.1, 0.15) is 5.69 Å². The second-order valence-electron chi connectivity index (χ2n) is 5.97. The van der Waals surface area contributed by atoms with Crippen molar-refractivity contribution >= 4 is 34.0 Å². The average Bonchev–Trinajstić information content (AvgIpc) is 3.02. The summed E-state index contributed by atoms with van der Waals surface area (Å²) in [7, 11) is 1.64. The first kappa shape index (κ1) is 16.0. The predicted octanol–water partition coefficient (Wildman–Crippen LogP) is 4.76. The van der Waals surface area contributed by atoms with E-state index < -0.39 is 0 Å². The normalized spacial score (nSPS) is 10.7. The number of rotatable bonds is 5. The fourth-order valence-electron chi connectivity index (χ4n) is 2.86. The first-order valence-electron chi connectivity index (χ1n) is 8.31. The minimum Gasteiger partial charge on any atom is -0.495 e. The number of aromatic nitrogens is 3. The molecular weight excluding hydrogens is 326 g/mol. The van der Waals surface area contributed by atoms with Gasteiger partial charge in [-0.15, -0.1) is 0 Å². The molecule has 26 heavy (non-hydrogen) atoms. The number of ether oxygens (including phenoxy) is 1. The Morgan fingerprint density at radius 2 is 1.88 bits per heavy atom. The molecule has 0 aliphatic carbocycles. The van der Waals surface area contributed by atoms with Gasteiger partial charge >= 0.3 is 0 Å². The lowest BCUT2D eigenvalue weighted by Gasteiger charge is -2.11. The van der Waals surface area contributed by atoms with E-state index in [0.29, 0.717) is 11.8 Å². The number of nitrogens with one attached hydrogen (secondary N) is 3. The highest BCUT2D eigenvalue weighted by atomic mass is 16.5. The molecule has 0 atom stereocenters. The molecule has 0 amide bonds. The number of benzene rings is 2. The highest BCUT2D eigenvalue weighted by molar-refractivity contribution is 5.84. The summed E-state index contributed by atoms with van der Waals surface area (Å²) in [6, 6.07) is 17.8. The minimum absolute atomic E-state index is 0.498. The summed E-state index contributed by atoms with van der Waals surface area (Å²) in [4.78, 5) is 12.1. The molecule has 0 saturated carbocycles. The Bertz CT molecular complexity index is 1060. The van der Waals surface area contributed by atoms with Crippen molar-refractivity contribution in [2.45, 2.75) is 6.92 Å². The molecule has 6 heteroatoms. The number of H-pyrrole nitrogens is 1. The van der Waals surface area contributed by atoms with Crippen molar-refractivity contribution in [3.8, 4) is 5.75 Å². The van der Waals surface area contributed by atoms with Gasteiger partial charge in [-0.05, 0) is 49.4 Å². The lowest BCUT2D eigenvalue weighted by atomic mass is 10.2. The first-order valence-corrected chi connectivity index (χ1v) is 8.31. The maximum atomic E-state index is 5.35. The van der Waals surface area contributed by atoms with Crippen LogP contribution < -0.4 is 15.4 Å². The smallest absolute Gasteiger partial charge is 0.229 e. The van der Waals surface area contributed by atoms with E-state index in [1.165, 1.54) is 0 Å². The van der Waals surface area contributed by atoms with E-state index in [9.17, 15) is 0 Å². The van der Waals surface area contributed by atoms with Crippen LogP contribution in [0.15, 0.2) is 60.8 Å². The number of aromatic amines is 1. The number of anilines is 4. The summed E-state index contributed by atoms with van der Waals surface area (Å²) in [6.45, 7) is 2.05. The van der Waals surface area contributed by atoms with Crippen molar-refractivity contribution < 1.29 is 4.74 Å². The third kappa shape index (κ3) is 3.30. The van der Waals surface area contributed by atoms with Gasteiger partial charge in [0.25, 0.3) is 0 Å². The van der Waals surface area contributed by atoms with Crippen LogP contribution in [-0.2, 0) is 0 Å². The zero-order valence-corrected chi connectivity index (χ0v) is 14.6. The number of para-hydroxylation sites is 2. The Morgan fingerprint density at radius 3 is 2.77 bits per heavy atom. The van der Waals surface area contributed by atoms with E-state index in [0.717, 1.165) is 33.7 Å². The molecule has 2 aromatic carbocycles. The molecule has 0 spiro atoms. The fourth-order valence-corrected chi connectivity index (χ4v) is 2.86. The highest BCUT2D eigenvalue weighted by Gasteiger charge is 2.06. The molecule has 0 saturated heterocycles. The molecule has 2 aromatic heterocycles. The summed E-state index contributed by atoms with van der Waals surface area (Å²) >= 11 is 0. The van der Waals surface area contributed by atoms with Crippen molar-refractivity contribution in [1.82, 2.24) is 15.0 Å². The van der Waals surface area contributed by atoms with Gasteiger partial charge in [0.05, 0.1) is 12.8 Å². The summed E-state index contributed by atoms with van der Waals surface area (Å²) in [5, 5.41) is 7.68. The number of aryl methyl sites for hydroxylation is 1. The maximum Gasteiger partial charge on any atom is 0.229 e. The van der Waals surface area contributed by atoms with E-state index in [1.807, 2.05) is 43.3 Å². The lowest BCUT2D eigenvalue weighted by Crippen LogP contribution is -2.01. The fraction of sp³-hybridized carbons (Fsp3) is 0.100. The maximum absolute atomic E-state index is 5.35. The monoisotopic (exact) mass is 345 g/mol. The van der Waals surface area contributed by atoms with Crippen LogP contribution in [0.25, 0.3) is 10.9 Å². The number of hydrogen-bond acceptors (Lipinski definition) is 5. The van der Waals surface area contributed by atoms with Crippen molar-refractivity contribution in [2.24, 2.45) is 0 Å². The molecular formula is C20H19N5O. The third-order valence-corrected chi connectivity index (χ3v) is 4.04. The van der Waals surface area contributed by atoms with E-state index in [1.54, 1.807) is 13.3 Å². The lowest BCUT2D eigenvalue weighted by molar-refractivity contribution is 0.417. The van der Waals surface area contributed by atoms with Crippen molar-refractivity contribution in [3.63, 3.8) is 0 Å². The molecule has 0 aliphatic rings. The summed E-state index contributed by atoms with van der Waals surface area (Å²) in [5.41, 5.74) is 4.05. The largest absolute Gasteiger partial charge is 0.495 e. The SMILES string of the molecule is COc1ccccc1Nc1nccc(Nc2ccc3[nH]c(C)cc3c2)n1. The second-order valence-corrected chi connectivity index (χ2v) is 5.97. The van der Waals surface area contributed by atoms with Crippen LogP contribution in [0, 0.1) is 6.92 Å². The molecule has 6 nitrogen and oxygen atoms in total. The topological polar surface area (TPSA) is 74.9 Å². The van der Waals surface area contributed by atoms with Crippen molar-refractivity contribution in [2.75, 3.05) is 17.7 Å². The van der Waals surface area contributed by atoms with Gasteiger partial charge in [-0.25, -0.2) is 4.98 Å². The van der Waals surface area contributed by atoms with Gasteiger partial charge in [-0.2, -0.15) is 4.98 Å². The van der Waals surface area contributed by atoms with Crippen LogP contribution in [0.3, 0.4) is 0 Å². The first-order chi connectivity index (χ1) is 12.7. The molecule has 3 N–H and O–H groups in total. The van der Waals surface area contributed by atoms with Gasteiger partial charge in [0, 0.05) is 28.5 Å². The number of hydrogen-bond donors (Lipinski definition) is 3. The van der Waals surface area contributed by atoms with Crippen LogP contribution in [0.2, 0.25) is 0 Å². The van der Waals surface area contributed by atoms with Crippen molar-refractivity contribution in [1.29, 1.82) is 0 Å². The molecule has 0 unspecified atom stereocenters. The molecule has 130 valence electrons. The quantitative estimate of drug-likeness (QED) is 0.486. The van der Waals surface area contributed by atoms with Gasteiger partial charge in [0.1, 0.15) is 11.6 Å². The molecule has 0 fully saturated rings. The molecule has 2 heterocycles. The Kier molecular flexibility index (Phi) is 4.15. The Hall–Kier alpha value is -3.54. The van der Waals surface area contributed by atoms with Gasteiger partial charge in [0.2, 0.25) is 5.95 Å². The summed E-state index contributed by atoms with van der Waals surface area (Å²) < 4.78 is 5.35. The van der Waals surface area contributed by atoms with Gasteiger partial charge < -0.3 is 20.4 Å². The molecule has 0 bridgehead atoms. The number of nitrogens with zero attached hydrogens (tertiary/aromatic N) is 2. The Labute approximate surface area is 151 Å². The van der Waals surface area contributed by atoms with Gasteiger partial charge in [-0.1, -0.05) is 12.1 Å². The Morgan fingerprint density at radius 1 is 1.00 bits per heavy atom. The van der Waals surface area contributed by atoms with Gasteiger partial charge in [-0.3, -0.25) is 0 Å². The Balaban J connectivity index is 1.56. The van der Waals surface area contributed by atoms with E-state index in [2.05, 4.69) is 43.8 Å². The molecule has 0 aliphatic heterocycles. The zero-order chi connectivity index (χ0) is 17.9. The zero-order valence-electron chi connectivity index (χ0n) is 14.6. The van der Waals surface area contributed by atoms with E-state index in [-0.39, 0.29) is 0 Å². The highest BCUT2D eigenvalue weighted by Crippen LogP contribution is 2.26. The number of fused-ring (bicyclic) bond motifs is 1. The van der Waals surface area contributed by atoms with Crippen LogP contribution in [0.4, 0.5) is 23.1 Å². The van der Waals surface area contributed by atoms with Crippen LogP contribution in [-0.4, -0.2) is 22.1 Å². The standard InChI is InChI=1S/C20H19N5O/c1-13-11-14-12-15(7-8-16(14)22-13)23-19-9-10-21-20(25-19)24-17-5-3-4-6-18(17)26-2/h3-12,22H,1-2H3,(H2,21,23,24,25). The van der Waals surface area contributed by atoms with E-state index >= 15 is 0 Å². The second kappa shape index (κ2) is 6.76. The van der Waals surface area contributed by atoms with Gasteiger partial charge in [0.15, 0.2) is 0 Å². The molecule has 0 radical (unpaired) electrons. The summed E-state index contributed by atoms with van der Waals surface area (Å²) in [5.74, 6) is 1.95. The minimum atomic E-state index is 0.498. The van der Waals surface area contributed by atoms with Crippen LogP contribution >= 0.6 is 0 Å².